The molecule has 1 aliphatic rings. The van der Waals surface area contributed by atoms with E-state index in [1.165, 1.54) is 0 Å². The Balaban J connectivity index is 1.73. The van der Waals surface area contributed by atoms with Gasteiger partial charge in [0, 0.05) is 14.8 Å². The van der Waals surface area contributed by atoms with Gasteiger partial charge < -0.3 is 14.2 Å². The Bertz CT molecular complexity index is 1230. The molecule has 0 atom stereocenters. The van der Waals surface area contributed by atoms with Crippen LogP contribution in [0, 0.1) is 0 Å². The zero-order valence-electron chi connectivity index (χ0n) is 13.9. The molecule has 1 aromatic heterocycles. The zero-order valence-corrected chi connectivity index (χ0v) is 14.8. The quantitative estimate of drug-likeness (QED) is 0.480. The molecule has 5 rings (SSSR count). The van der Waals surface area contributed by atoms with E-state index < -0.39 is 0 Å². The average molecular weight is 362 g/mol. The van der Waals surface area contributed by atoms with Crippen molar-refractivity contribution >= 4 is 31.5 Å². The van der Waals surface area contributed by atoms with Crippen LogP contribution in [0.5, 0.6) is 17.2 Å². The lowest BCUT2D eigenvalue weighted by Crippen LogP contribution is -2.03. The standard InChI is InChI=1S/C21H14O4S/c1-23-16-3-2-4-18-20(16)21(22)14-7-5-13(10-19(14)26-18)12-6-8-15-17(9-12)25-11-24-15/h2-10H,11H2,1H3. The third kappa shape index (κ3) is 2.24. The van der Waals surface area contributed by atoms with E-state index in [0.29, 0.717) is 16.5 Å². The lowest BCUT2D eigenvalue weighted by molar-refractivity contribution is 0.174. The minimum absolute atomic E-state index is 0.00318. The molecule has 0 radical (unpaired) electrons. The second kappa shape index (κ2) is 5.75. The van der Waals surface area contributed by atoms with Crippen molar-refractivity contribution in [1.82, 2.24) is 0 Å². The highest BCUT2D eigenvalue weighted by molar-refractivity contribution is 7.24. The molecule has 0 amide bonds. The van der Waals surface area contributed by atoms with E-state index in [2.05, 4.69) is 6.07 Å². The van der Waals surface area contributed by atoms with Crippen molar-refractivity contribution in [1.29, 1.82) is 0 Å². The summed E-state index contributed by atoms with van der Waals surface area (Å²) in [5, 5.41) is 1.35. The molecule has 0 N–H and O–H groups in total. The minimum Gasteiger partial charge on any atom is -0.496 e. The number of rotatable bonds is 2. The molecule has 4 aromatic rings. The first-order chi connectivity index (χ1) is 12.7. The van der Waals surface area contributed by atoms with E-state index >= 15 is 0 Å². The number of hydrogen-bond acceptors (Lipinski definition) is 5. The molecule has 0 spiro atoms. The second-order valence-corrected chi connectivity index (χ2v) is 7.13. The Labute approximate surface area is 153 Å². The maximum atomic E-state index is 13.0. The second-order valence-electron chi connectivity index (χ2n) is 6.04. The summed E-state index contributed by atoms with van der Waals surface area (Å²) >= 11 is 1.59. The summed E-state index contributed by atoms with van der Waals surface area (Å²) in [5.41, 5.74) is 2.07. The van der Waals surface area contributed by atoms with Gasteiger partial charge in [0.1, 0.15) is 5.75 Å². The van der Waals surface area contributed by atoms with Crippen molar-refractivity contribution in [3.63, 3.8) is 0 Å². The summed E-state index contributed by atoms with van der Waals surface area (Å²) in [7, 11) is 1.59. The molecule has 0 saturated carbocycles. The van der Waals surface area contributed by atoms with E-state index in [1.54, 1.807) is 18.4 Å². The van der Waals surface area contributed by atoms with Gasteiger partial charge in [0.05, 0.1) is 12.5 Å². The Morgan fingerprint density at radius 3 is 2.62 bits per heavy atom. The van der Waals surface area contributed by atoms with Crippen LogP contribution < -0.4 is 19.6 Å². The Hall–Kier alpha value is -3.05. The zero-order chi connectivity index (χ0) is 17.7. The monoisotopic (exact) mass is 362 g/mol. The SMILES string of the molecule is COc1cccc2sc3cc(-c4ccc5c(c4)OCO5)ccc3c(=O)c12. The number of methoxy groups -OCH3 is 1. The molecule has 3 aromatic carbocycles. The van der Waals surface area contributed by atoms with Crippen LogP contribution in [-0.2, 0) is 0 Å². The van der Waals surface area contributed by atoms with Gasteiger partial charge in [0.25, 0.3) is 0 Å². The van der Waals surface area contributed by atoms with Crippen LogP contribution in [0.3, 0.4) is 0 Å². The smallest absolute Gasteiger partial charge is 0.231 e. The minimum atomic E-state index is 0.00318. The maximum absolute atomic E-state index is 13.0. The molecule has 0 aliphatic carbocycles. The lowest BCUT2D eigenvalue weighted by atomic mass is 10.0. The van der Waals surface area contributed by atoms with Crippen LogP contribution in [0.4, 0.5) is 0 Å². The van der Waals surface area contributed by atoms with Gasteiger partial charge in [-0.05, 0) is 47.5 Å². The molecule has 0 bridgehead atoms. The summed E-state index contributed by atoms with van der Waals surface area (Å²) in [5.74, 6) is 2.13. The highest BCUT2D eigenvalue weighted by atomic mass is 32.1. The summed E-state index contributed by atoms with van der Waals surface area (Å²) in [6.45, 7) is 0.256. The molecule has 128 valence electrons. The highest BCUT2D eigenvalue weighted by Gasteiger charge is 2.15. The number of hydrogen-bond donors (Lipinski definition) is 0. The molecule has 1 aliphatic heterocycles. The van der Waals surface area contributed by atoms with Gasteiger partial charge >= 0.3 is 0 Å². The van der Waals surface area contributed by atoms with Crippen molar-refractivity contribution in [2.75, 3.05) is 13.9 Å². The first kappa shape index (κ1) is 15.2. The Morgan fingerprint density at radius 1 is 0.923 bits per heavy atom. The van der Waals surface area contributed by atoms with E-state index in [1.807, 2.05) is 48.5 Å². The van der Waals surface area contributed by atoms with Crippen LogP contribution in [0.1, 0.15) is 0 Å². The van der Waals surface area contributed by atoms with Crippen LogP contribution in [-0.4, -0.2) is 13.9 Å². The molecule has 26 heavy (non-hydrogen) atoms. The summed E-state index contributed by atoms with van der Waals surface area (Å²) in [6.07, 6.45) is 0. The third-order valence-electron chi connectivity index (χ3n) is 4.59. The van der Waals surface area contributed by atoms with Crippen molar-refractivity contribution in [2.45, 2.75) is 0 Å². The molecule has 0 fully saturated rings. The topological polar surface area (TPSA) is 44.8 Å². The van der Waals surface area contributed by atoms with Crippen molar-refractivity contribution < 1.29 is 14.2 Å². The number of benzene rings is 3. The average Bonchev–Trinajstić information content (AvgIpc) is 3.15. The molecule has 0 unspecified atom stereocenters. The van der Waals surface area contributed by atoms with Crippen LogP contribution in [0.25, 0.3) is 31.3 Å². The molecular weight excluding hydrogens is 348 g/mol. The predicted octanol–water partition coefficient (Wildman–Crippen LogP) is 4.82. The Morgan fingerprint density at radius 2 is 1.73 bits per heavy atom. The molecule has 2 heterocycles. The van der Waals surface area contributed by atoms with E-state index in [-0.39, 0.29) is 12.2 Å². The van der Waals surface area contributed by atoms with Gasteiger partial charge in [-0.2, -0.15) is 0 Å². The van der Waals surface area contributed by atoms with E-state index in [0.717, 1.165) is 32.0 Å². The number of ether oxygens (including phenoxy) is 3. The third-order valence-corrected chi connectivity index (χ3v) is 5.70. The number of fused-ring (bicyclic) bond motifs is 3. The maximum Gasteiger partial charge on any atom is 0.231 e. The van der Waals surface area contributed by atoms with Gasteiger partial charge in [0.2, 0.25) is 6.79 Å². The fourth-order valence-corrected chi connectivity index (χ4v) is 4.43. The van der Waals surface area contributed by atoms with Crippen LogP contribution >= 0.6 is 11.3 Å². The summed E-state index contributed by atoms with van der Waals surface area (Å²) in [4.78, 5) is 13.0. The Kier molecular flexibility index (Phi) is 3.36. The van der Waals surface area contributed by atoms with E-state index in [9.17, 15) is 4.79 Å². The lowest BCUT2D eigenvalue weighted by Gasteiger charge is -2.08. The van der Waals surface area contributed by atoms with Gasteiger partial charge in [-0.25, -0.2) is 0 Å². The predicted molar refractivity (Wildman–Crippen MR) is 104 cm³/mol. The van der Waals surface area contributed by atoms with Crippen LogP contribution in [0.2, 0.25) is 0 Å². The first-order valence-electron chi connectivity index (χ1n) is 8.18. The summed E-state index contributed by atoms with van der Waals surface area (Å²) in [6, 6.07) is 17.5. The van der Waals surface area contributed by atoms with Gasteiger partial charge in [-0.3, -0.25) is 4.79 Å². The normalized spacial score (nSPS) is 12.7. The molecule has 4 nitrogen and oxygen atoms in total. The van der Waals surface area contributed by atoms with Crippen molar-refractivity contribution in [3.05, 3.63) is 64.8 Å². The molecule has 5 heteroatoms. The van der Waals surface area contributed by atoms with Gasteiger partial charge in [-0.15, -0.1) is 11.3 Å². The van der Waals surface area contributed by atoms with Gasteiger partial charge in [0.15, 0.2) is 16.9 Å². The van der Waals surface area contributed by atoms with E-state index in [4.69, 9.17) is 14.2 Å². The fraction of sp³-hybridized carbons (Fsp3) is 0.0952. The van der Waals surface area contributed by atoms with Gasteiger partial charge in [-0.1, -0.05) is 18.2 Å². The fourth-order valence-electron chi connectivity index (χ4n) is 3.29. The van der Waals surface area contributed by atoms with Crippen molar-refractivity contribution in [3.8, 4) is 28.4 Å². The van der Waals surface area contributed by atoms with Crippen molar-refractivity contribution in [2.24, 2.45) is 0 Å². The summed E-state index contributed by atoms with van der Waals surface area (Å²) < 4.78 is 18.1. The highest BCUT2D eigenvalue weighted by Crippen LogP contribution is 2.37. The first-order valence-corrected chi connectivity index (χ1v) is 9.00. The van der Waals surface area contributed by atoms with Crippen LogP contribution in [0.15, 0.2) is 59.4 Å². The molecule has 0 saturated heterocycles. The molecular formula is C21H14O4S. The largest absolute Gasteiger partial charge is 0.496 e.